The maximum absolute atomic E-state index is 11.9. The van der Waals surface area contributed by atoms with Crippen LogP contribution in [0.4, 0.5) is 11.7 Å². The lowest BCUT2D eigenvalue weighted by molar-refractivity contribution is -0.0186. The number of oxazole rings is 1. The van der Waals surface area contributed by atoms with Crippen molar-refractivity contribution in [1.82, 2.24) is 24.8 Å². The minimum Gasteiger partial charge on any atom is -0.423 e. The minimum absolute atomic E-state index is 0.00329. The van der Waals surface area contributed by atoms with Gasteiger partial charge in [0.2, 0.25) is 0 Å². The fourth-order valence-electron chi connectivity index (χ4n) is 4.11. The van der Waals surface area contributed by atoms with Gasteiger partial charge in [-0.15, -0.1) is 0 Å². The molecule has 4 heterocycles. The Morgan fingerprint density at radius 3 is 2.85 bits per heavy atom. The highest BCUT2D eigenvalue weighted by atomic mass is 16.5. The summed E-state index contributed by atoms with van der Waals surface area (Å²) in [6.45, 7) is 6.14. The molecule has 1 aromatic carbocycles. The number of hydrogen-bond acceptors (Lipinski definition) is 7. The van der Waals surface area contributed by atoms with E-state index in [4.69, 9.17) is 9.15 Å². The summed E-state index contributed by atoms with van der Waals surface area (Å²) in [6.07, 6.45) is 8.86. The maximum Gasteiger partial charge on any atom is 0.331 e. The van der Waals surface area contributed by atoms with Gasteiger partial charge in [0.05, 0.1) is 18.4 Å². The highest BCUT2D eigenvalue weighted by Crippen LogP contribution is 2.30. The van der Waals surface area contributed by atoms with Crippen LogP contribution in [0.3, 0.4) is 0 Å². The predicted molar refractivity (Wildman–Crippen MR) is 130 cm³/mol. The largest absolute Gasteiger partial charge is 0.423 e. The van der Waals surface area contributed by atoms with Crippen molar-refractivity contribution in [2.75, 3.05) is 18.4 Å². The predicted octanol–water partition coefficient (Wildman–Crippen LogP) is 4.10. The van der Waals surface area contributed by atoms with Gasteiger partial charge in [-0.05, 0) is 69.1 Å². The molecule has 0 bridgehead atoms. The van der Waals surface area contributed by atoms with Gasteiger partial charge in [0, 0.05) is 29.8 Å². The van der Waals surface area contributed by atoms with Crippen molar-refractivity contribution in [2.45, 2.75) is 38.9 Å². The Kier molecular flexibility index (Phi) is 6.29. The quantitative estimate of drug-likeness (QED) is 0.381. The van der Waals surface area contributed by atoms with Crippen LogP contribution in [-0.4, -0.2) is 38.7 Å². The van der Waals surface area contributed by atoms with Gasteiger partial charge in [-0.3, -0.25) is 4.57 Å². The number of nitrogens with one attached hydrogen (secondary N) is 3. The van der Waals surface area contributed by atoms with Crippen LogP contribution in [-0.2, 0) is 4.74 Å². The molecule has 0 radical (unpaired) electrons. The van der Waals surface area contributed by atoms with Crippen LogP contribution >= 0.6 is 0 Å². The number of anilines is 2. The summed E-state index contributed by atoms with van der Waals surface area (Å²) in [5.74, 6) is 1.08. The van der Waals surface area contributed by atoms with Crippen LogP contribution in [0.25, 0.3) is 17.1 Å². The summed E-state index contributed by atoms with van der Waals surface area (Å²) in [4.78, 5) is 23.2. The number of piperidine rings is 1. The van der Waals surface area contributed by atoms with E-state index in [1.54, 1.807) is 30.9 Å². The molecule has 0 amide bonds. The van der Waals surface area contributed by atoms with Gasteiger partial charge in [-0.25, -0.2) is 14.8 Å². The number of nitrogens with zero attached hydrogens (tertiary/aromatic N) is 3. The highest BCUT2D eigenvalue weighted by molar-refractivity contribution is 5.63. The van der Waals surface area contributed by atoms with Crippen molar-refractivity contribution in [3.63, 3.8) is 0 Å². The van der Waals surface area contributed by atoms with Crippen molar-refractivity contribution in [1.29, 1.82) is 0 Å². The zero-order chi connectivity index (χ0) is 23.5. The van der Waals surface area contributed by atoms with Gasteiger partial charge < -0.3 is 24.8 Å². The molecule has 3 N–H and O–H groups in total. The van der Waals surface area contributed by atoms with Crippen LogP contribution in [0.5, 0.6) is 0 Å². The average molecular weight is 461 g/mol. The third-order valence-electron chi connectivity index (χ3n) is 6.09. The number of H-pyrrole nitrogens is 1. The van der Waals surface area contributed by atoms with E-state index in [1.807, 2.05) is 13.0 Å². The van der Waals surface area contributed by atoms with Crippen molar-refractivity contribution in [3.8, 4) is 17.1 Å². The van der Waals surface area contributed by atoms with Crippen LogP contribution in [0.15, 0.2) is 64.3 Å². The van der Waals surface area contributed by atoms with Gasteiger partial charge >= 0.3 is 5.69 Å². The SMILES string of the molecule is Cc1ccc(C(C)OC2CCNCC2)cc1Nc1ncc(-c2ccnc(-n3cc[nH]c3=O)c2)o1. The maximum atomic E-state index is 11.9. The molecule has 3 aromatic heterocycles. The van der Waals surface area contributed by atoms with Gasteiger partial charge in [-0.2, -0.15) is 0 Å². The average Bonchev–Trinajstić information content (AvgIpc) is 3.50. The molecule has 1 atom stereocenters. The molecule has 0 saturated carbocycles. The first kappa shape index (κ1) is 22.1. The van der Waals surface area contributed by atoms with E-state index in [9.17, 15) is 4.79 Å². The molecule has 9 nitrogen and oxygen atoms in total. The van der Waals surface area contributed by atoms with Crippen molar-refractivity contribution in [2.24, 2.45) is 0 Å². The van der Waals surface area contributed by atoms with E-state index in [2.05, 4.69) is 50.7 Å². The minimum atomic E-state index is -0.252. The summed E-state index contributed by atoms with van der Waals surface area (Å²) in [7, 11) is 0. The zero-order valence-corrected chi connectivity index (χ0v) is 19.2. The molecule has 1 aliphatic heterocycles. The molecule has 0 aliphatic carbocycles. The number of rotatable bonds is 7. The van der Waals surface area contributed by atoms with Crippen LogP contribution in [0.1, 0.15) is 37.0 Å². The smallest absolute Gasteiger partial charge is 0.331 e. The van der Waals surface area contributed by atoms with Gasteiger partial charge in [-0.1, -0.05) is 12.1 Å². The zero-order valence-electron chi connectivity index (χ0n) is 19.2. The van der Waals surface area contributed by atoms with Crippen LogP contribution in [0, 0.1) is 6.92 Å². The number of ether oxygens (including phenoxy) is 1. The lowest BCUT2D eigenvalue weighted by atomic mass is 10.0. The molecule has 1 fully saturated rings. The Bertz CT molecular complexity index is 1320. The van der Waals surface area contributed by atoms with Gasteiger partial charge in [0.25, 0.3) is 6.01 Å². The lowest BCUT2D eigenvalue weighted by Gasteiger charge is -2.27. The Labute approximate surface area is 197 Å². The molecule has 1 unspecified atom stereocenters. The van der Waals surface area contributed by atoms with Gasteiger partial charge in [0.15, 0.2) is 5.76 Å². The molecule has 1 saturated heterocycles. The molecular formula is C25H28N6O3. The van der Waals surface area contributed by atoms with E-state index in [-0.39, 0.29) is 17.9 Å². The van der Waals surface area contributed by atoms with E-state index in [1.165, 1.54) is 4.57 Å². The molecular weight excluding hydrogens is 432 g/mol. The summed E-state index contributed by atoms with van der Waals surface area (Å²) in [6, 6.07) is 10.3. The third kappa shape index (κ3) is 4.80. The normalized spacial score (nSPS) is 15.4. The summed E-state index contributed by atoms with van der Waals surface area (Å²) in [5, 5.41) is 6.66. The first-order valence-electron chi connectivity index (χ1n) is 11.5. The second kappa shape index (κ2) is 9.66. The monoisotopic (exact) mass is 460 g/mol. The molecule has 0 spiro atoms. The molecule has 176 valence electrons. The van der Waals surface area contributed by atoms with Crippen LogP contribution < -0.4 is 16.3 Å². The fraction of sp³-hybridized carbons (Fsp3) is 0.320. The molecule has 9 heteroatoms. The Morgan fingerprint density at radius 2 is 2.06 bits per heavy atom. The van der Waals surface area contributed by atoms with Crippen molar-refractivity contribution >= 4 is 11.7 Å². The Balaban J connectivity index is 1.32. The number of aryl methyl sites for hydroxylation is 1. The third-order valence-corrected chi connectivity index (χ3v) is 6.09. The van der Waals surface area contributed by atoms with Crippen molar-refractivity contribution < 1.29 is 9.15 Å². The van der Waals surface area contributed by atoms with Crippen LogP contribution in [0.2, 0.25) is 0 Å². The standard InChI is InChI=1S/C25H28N6O3/c1-16-3-4-18(17(2)33-20-6-8-26-9-7-20)13-21(16)30-24-29-15-22(34-24)19-5-10-27-23(14-19)31-12-11-28-25(31)32/h3-5,10-15,17,20,26H,6-9H2,1-2H3,(H,28,32)(H,29,30). The van der Waals surface area contributed by atoms with E-state index < -0.39 is 0 Å². The number of pyridine rings is 1. The first-order valence-corrected chi connectivity index (χ1v) is 11.5. The number of benzene rings is 1. The van der Waals surface area contributed by atoms with E-state index in [0.717, 1.165) is 48.3 Å². The Morgan fingerprint density at radius 1 is 1.21 bits per heavy atom. The fourth-order valence-corrected chi connectivity index (χ4v) is 4.11. The number of aromatic amines is 1. The van der Waals surface area contributed by atoms with E-state index >= 15 is 0 Å². The first-order chi connectivity index (χ1) is 16.6. The number of hydrogen-bond donors (Lipinski definition) is 3. The second-order valence-corrected chi connectivity index (χ2v) is 8.49. The topological polar surface area (TPSA) is 110 Å². The summed E-state index contributed by atoms with van der Waals surface area (Å²) in [5.41, 5.74) is 3.62. The van der Waals surface area contributed by atoms with Gasteiger partial charge in [0.1, 0.15) is 5.82 Å². The Hall–Kier alpha value is -3.69. The number of aromatic nitrogens is 4. The number of imidazole rings is 1. The lowest BCUT2D eigenvalue weighted by Crippen LogP contribution is -2.33. The second-order valence-electron chi connectivity index (χ2n) is 8.49. The highest BCUT2D eigenvalue weighted by Gasteiger charge is 2.18. The van der Waals surface area contributed by atoms with Crippen molar-refractivity contribution in [3.05, 3.63) is 76.7 Å². The summed E-state index contributed by atoms with van der Waals surface area (Å²) >= 11 is 0. The summed E-state index contributed by atoms with van der Waals surface area (Å²) < 4.78 is 13.7. The molecule has 1 aliphatic rings. The molecule has 34 heavy (non-hydrogen) atoms. The molecule has 5 rings (SSSR count). The van der Waals surface area contributed by atoms with E-state index in [0.29, 0.717) is 17.6 Å². The molecule has 4 aromatic rings.